The number of hydrogen-bond donors (Lipinski definition) is 4. The maximum atomic E-state index is 14.1. The molecule has 2 rings (SSSR count). The van der Waals surface area contributed by atoms with Gasteiger partial charge in [0.05, 0.1) is 43.2 Å². The molecule has 2 unspecified atom stereocenters. The van der Waals surface area contributed by atoms with Gasteiger partial charge in [0, 0.05) is 34.2 Å². The number of benzene rings is 1. The van der Waals surface area contributed by atoms with E-state index in [0.717, 1.165) is 12.0 Å². The fourth-order valence-corrected chi connectivity index (χ4v) is 8.29. The van der Waals surface area contributed by atoms with Gasteiger partial charge in [-0.2, -0.15) is 0 Å². The van der Waals surface area contributed by atoms with Gasteiger partial charge < -0.3 is 44.4 Å². The minimum atomic E-state index is -4.27. The summed E-state index contributed by atoms with van der Waals surface area (Å²) >= 11 is 0. The zero-order valence-corrected chi connectivity index (χ0v) is 33.3. The number of hydrogen-bond acceptors (Lipinski definition) is 8. The topological polar surface area (TPSA) is 184 Å². The van der Waals surface area contributed by atoms with Gasteiger partial charge in [0.1, 0.15) is 11.8 Å². The Labute approximate surface area is 309 Å². The molecule has 0 spiro atoms. The molecule has 15 heteroatoms. The summed E-state index contributed by atoms with van der Waals surface area (Å²) < 4.78 is 30.6. The number of carbonyl (C=O) groups excluding carboxylic acids is 3. The molecule has 14 nitrogen and oxygen atoms in total. The summed E-state index contributed by atoms with van der Waals surface area (Å²) in [4.78, 5) is 67.2. The second-order valence-corrected chi connectivity index (χ2v) is 16.2. The van der Waals surface area contributed by atoms with Crippen LogP contribution in [-0.4, -0.2) is 114 Å². The van der Waals surface area contributed by atoms with Gasteiger partial charge in [-0.05, 0) is 36.7 Å². The van der Waals surface area contributed by atoms with Crippen molar-refractivity contribution in [2.75, 3.05) is 34.4 Å². The molecule has 52 heavy (non-hydrogen) atoms. The Morgan fingerprint density at radius 3 is 2.23 bits per heavy atom. The number of carboxylic acid groups (broad SMARTS) is 1. The van der Waals surface area contributed by atoms with Crippen molar-refractivity contribution in [3.8, 4) is 0 Å². The van der Waals surface area contributed by atoms with E-state index >= 15 is 0 Å². The quantitative estimate of drug-likeness (QED) is 0.0940. The van der Waals surface area contributed by atoms with Crippen LogP contribution < -0.4 is 10.6 Å². The van der Waals surface area contributed by atoms with Gasteiger partial charge >= 0.3 is 13.7 Å². The van der Waals surface area contributed by atoms with Crippen LogP contribution in [0.4, 0.5) is 4.79 Å². The lowest BCUT2D eigenvalue weighted by atomic mass is 9.89. The number of unbranched alkanes of at least 4 members (excludes halogenated alkanes) is 1. The smallest absolute Gasteiger partial charge is 0.405 e. The molecule has 0 saturated carbocycles. The first kappa shape index (κ1) is 45.1. The zero-order chi connectivity index (χ0) is 39.2. The summed E-state index contributed by atoms with van der Waals surface area (Å²) in [5, 5.41) is 14.5. The Hall–Kier alpha value is -3.03. The SMILES string of the molecule is CCCCOP(=O)(O)C(Cc1ccccc1)NC(=O)[C@H](C)[C@@H](OC)[C@@H]1CCCN1C(=O)C[C@@H](OC)[C@H]([C@@H](C)CC)N(C)C(=O)[C@@H](NC(=O)O)C(C)C. The normalized spacial score (nSPS) is 19.8. The number of rotatable bonds is 22. The molecule has 0 bridgehead atoms. The van der Waals surface area contributed by atoms with E-state index in [1.165, 1.54) is 19.1 Å². The third-order valence-electron chi connectivity index (χ3n) is 10.2. The van der Waals surface area contributed by atoms with Crippen LogP contribution >= 0.6 is 7.60 Å². The van der Waals surface area contributed by atoms with Crippen molar-refractivity contribution < 1.29 is 47.7 Å². The largest absolute Gasteiger partial charge is 0.465 e. The Kier molecular flexibility index (Phi) is 18.8. The average Bonchev–Trinajstić information content (AvgIpc) is 3.59. The molecule has 1 aromatic rings. The Morgan fingerprint density at radius 2 is 1.69 bits per heavy atom. The maximum absolute atomic E-state index is 14.1. The molecule has 1 aromatic carbocycles. The molecule has 1 heterocycles. The van der Waals surface area contributed by atoms with Crippen molar-refractivity contribution >= 4 is 31.4 Å². The number of nitrogens with zero attached hydrogens (tertiary/aromatic N) is 2. The van der Waals surface area contributed by atoms with Gasteiger partial charge in [-0.1, -0.05) is 84.7 Å². The lowest BCUT2D eigenvalue weighted by molar-refractivity contribution is -0.147. The minimum absolute atomic E-state index is 0.0582. The van der Waals surface area contributed by atoms with E-state index < -0.39 is 67.5 Å². The summed E-state index contributed by atoms with van der Waals surface area (Å²) in [6.07, 6.45) is 0.602. The van der Waals surface area contributed by atoms with Crippen LogP contribution in [0, 0.1) is 17.8 Å². The molecule has 1 saturated heterocycles. The van der Waals surface area contributed by atoms with E-state index in [-0.39, 0.29) is 37.2 Å². The summed E-state index contributed by atoms with van der Waals surface area (Å²) in [7, 11) is 0.313. The molecule has 0 aromatic heterocycles. The van der Waals surface area contributed by atoms with E-state index in [0.29, 0.717) is 32.2 Å². The predicted molar refractivity (Wildman–Crippen MR) is 199 cm³/mol. The van der Waals surface area contributed by atoms with Gasteiger partial charge in [-0.15, -0.1) is 0 Å². The second kappa shape index (κ2) is 21.6. The Morgan fingerprint density at radius 1 is 1.04 bits per heavy atom. The van der Waals surface area contributed by atoms with Crippen LogP contribution in [0.15, 0.2) is 30.3 Å². The van der Waals surface area contributed by atoms with Crippen molar-refractivity contribution in [3.05, 3.63) is 35.9 Å². The van der Waals surface area contributed by atoms with Gasteiger partial charge in [0.2, 0.25) is 17.7 Å². The number of nitrogens with one attached hydrogen (secondary N) is 2. The van der Waals surface area contributed by atoms with E-state index in [2.05, 4.69) is 10.6 Å². The Balaban J connectivity index is 2.29. The van der Waals surface area contributed by atoms with Crippen LogP contribution in [0.1, 0.15) is 85.6 Å². The molecular formula is C37H63N4O10P. The van der Waals surface area contributed by atoms with Gasteiger partial charge in [0.15, 0.2) is 0 Å². The highest BCUT2D eigenvalue weighted by atomic mass is 31.2. The first-order chi connectivity index (χ1) is 24.5. The van der Waals surface area contributed by atoms with Crippen LogP contribution in [0.2, 0.25) is 0 Å². The maximum Gasteiger partial charge on any atom is 0.405 e. The molecule has 1 fully saturated rings. The third-order valence-corrected chi connectivity index (χ3v) is 11.9. The number of amides is 4. The van der Waals surface area contributed by atoms with Crippen molar-refractivity contribution in [2.24, 2.45) is 17.8 Å². The number of likely N-dealkylation sites (N-methyl/N-ethyl adjacent to an activating group) is 1. The molecule has 4 amide bonds. The van der Waals surface area contributed by atoms with Crippen molar-refractivity contribution in [1.29, 1.82) is 0 Å². The Bertz CT molecular complexity index is 1330. The highest BCUT2D eigenvalue weighted by Gasteiger charge is 2.44. The summed E-state index contributed by atoms with van der Waals surface area (Å²) in [5.41, 5.74) is 0.762. The fourth-order valence-electron chi connectivity index (χ4n) is 6.98. The standard InChI is InChI=1S/C37H63N4O10P/c1-10-12-21-51-52(47,48)30(22-27-17-14-13-15-18-27)38-35(43)26(6)34(50-9)28-19-16-20-41(28)31(42)23-29(49-8)33(25(5)11-2)40(7)36(44)32(24(3)4)39-37(45)46/h13-15,17-18,24-26,28-30,32-34,39H,10-12,16,19-23H2,1-9H3,(H,38,43)(H,45,46)(H,47,48)/t25-,26+,28-,29+,30?,32-,33-,34+/m0/s1. The fraction of sp³-hybridized carbons (Fsp3) is 0.730. The highest BCUT2D eigenvalue weighted by Crippen LogP contribution is 2.48. The summed E-state index contributed by atoms with van der Waals surface area (Å²) in [5.74, 6) is -3.54. The second-order valence-electron chi connectivity index (χ2n) is 14.2. The minimum Gasteiger partial charge on any atom is -0.465 e. The first-order valence-electron chi connectivity index (χ1n) is 18.5. The third kappa shape index (κ3) is 12.5. The van der Waals surface area contributed by atoms with Crippen LogP contribution in [0.25, 0.3) is 0 Å². The highest BCUT2D eigenvalue weighted by molar-refractivity contribution is 7.53. The lowest BCUT2D eigenvalue weighted by Gasteiger charge is -2.40. The van der Waals surface area contributed by atoms with Crippen LogP contribution in [0.3, 0.4) is 0 Å². The van der Waals surface area contributed by atoms with E-state index in [9.17, 15) is 33.7 Å². The number of likely N-dealkylation sites (tertiary alicyclic amines) is 1. The lowest BCUT2D eigenvalue weighted by Crippen LogP contribution is -2.57. The molecule has 4 N–H and O–H groups in total. The average molecular weight is 755 g/mol. The van der Waals surface area contributed by atoms with Gasteiger partial charge in [0.25, 0.3) is 0 Å². The first-order valence-corrected chi connectivity index (χ1v) is 20.1. The van der Waals surface area contributed by atoms with Crippen LogP contribution in [-0.2, 0) is 39.4 Å². The van der Waals surface area contributed by atoms with Crippen LogP contribution in [0.5, 0.6) is 0 Å². The molecule has 1 aliphatic heterocycles. The molecule has 296 valence electrons. The number of ether oxygens (including phenoxy) is 2. The van der Waals surface area contributed by atoms with Crippen molar-refractivity contribution in [2.45, 2.75) is 123 Å². The summed E-state index contributed by atoms with van der Waals surface area (Å²) in [6.45, 7) is 11.6. The monoisotopic (exact) mass is 754 g/mol. The number of carbonyl (C=O) groups is 4. The van der Waals surface area contributed by atoms with E-state index in [1.54, 1.807) is 32.7 Å². The number of methoxy groups -OCH3 is 2. The molecule has 9 atom stereocenters. The zero-order valence-electron chi connectivity index (χ0n) is 32.4. The van der Waals surface area contributed by atoms with Crippen molar-refractivity contribution in [3.63, 3.8) is 0 Å². The molecule has 1 aliphatic rings. The van der Waals surface area contributed by atoms with Crippen molar-refractivity contribution in [1.82, 2.24) is 20.4 Å². The van der Waals surface area contributed by atoms with E-state index in [1.807, 2.05) is 51.1 Å². The molecular weight excluding hydrogens is 691 g/mol. The predicted octanol–water partition coefficient (Wildman–Crippen LogP) is 4.89. The summed E-state index contributed by atoms with van der Waals surface area (Å²) in [6, 6.07) is 7.13. The van der Waals surface area contributed by atoms with Gasteiger partial charge in [-0.3, -0.25) is 18.9 Å². The molecule has 0 radical (unpaired) electrons. The van der Waals surface area contributed by atoms with Gasteiger partial charge in [-0.25, -0.2) is 4.79 Å². The van der Waals surface area contributed by atoms with E-state index in [4.69, 9.17) is 14.0 Å². The molecule has 0 aliphatic carbocycles.